The van der Waals surface area contributed by atoms with Gasteiger partial charge in [-0.15, -0.1) is 0 Å². The van der Waals surface area contributed by atoms with E-state index < -0.39 is 0 Å². The molecule has 1 unspecified atom stereocenters. The van der Waals surface area contributed by atoms with E-state index in [4.69, 9.17) is 5.11 Å². The van der Waals surface area contributed by atoms with Crippen molar-refractivity contribution in [2.24, 2.45) is 5.92 Å². The summed E-state index contributed by atoms with van der Waals surface area (Å²) in [6.07, 6.45) is 1.65. The van der Waals surface area contributed by atoms with Crippen LogP contribution in [-0.2, 0) is 6.54 Å². The second kappa shape index (κ2) is 6.70. The zero-order valence-electron chi connectivity index (χ0n) is 11.3. The lowest BCUT2D eigenvalue weighted by atomic mass is 10.1. The molecule has 1 N–H and O–H groups in total. The highest BCUT2D eigenvalue weighted by Gasteiger charge is 2.18. The van der Waals surface area contributed by atoms with Crippen molar-refractivity contribution in [1.82, 2.24) is 4.90 Å². The molecule has 3 heteroatoms. The Morgan fingerprint density at radius 2 is 2.26 bits per heavy atom. The number of aliphatic hydroxyl groups is 1. The van der Waals surface area contributed by atoms with Crippen molar-refractivity contribution < 1.29 is 9.50 Å². The summed E-state index contributed by atoms with van der Waals surface area (Å²) in [4.78, 5) is 2.35. The van der Waals surface area contributed by atoms with E-state index in [0.29, 0.717) is 12.0 Å². The number of rotatable bonds is 3. The summed E-state index contributed by atoms with van der Waals surface area (Å²) < 4.78 is 13.6. The van der Waals surface area contributed by atoms with Gasteiger partial charge in [0.2, 0.25) is 0 Å². The standard InChI is InChI=1S/C16H20FNO/c1-13-5-6-18(11-13)12-15-8-14(4-2-3-7-19)9-16(17)10-15/h8-10,13,19H,3,5-7,11-12H2,1H3. The van der Waals surface area contributed by atoms with Crippen LogP contribution in [0.2, 0.25) is 0 Å². The van der Waals surface area contributed by atoms with Gasteiger partial charge in [-0.3, -0.25) is 4.90 Å². The predicted molar refractivity (Wildman–Crippen MR) is 74.0 cm³/mol. The van der Waals surface area contributed by atoms with Crippen LogP contribution in [0, 0.1) is 23.6 Å². The fourth-order valence-electron chi connectivity index (χ4n) is 2.46. The van der Waals surface area contributed by atoms with Crippen LogP contribution >= 0.6 is 0 Å². The molecule has 0 aliphatic carbocycles. The lowest BCUT2D eigenvalue weighted by Crippen LogP contribution is -2.19. The largest absolute Gasteiger partial charge is 0.395 e. The molecule has 0 aromatic heterocycles. The van der Waals surface area contributed by atoms with Crippen molar-refractivity contribution in [3.63, 3.8) is 0 Å². The van der Waals surface area contributed by atoms with Gasteiger partial charge in [-0.25, -0.2) is 4.39 Å². The Morgan fingerprint density at radius 1 is 1.42 bits per heavy atom. The van der Waals surface area contributed by atoms with E-state index >= 15 is 0 Å². The second-order valence-corrected chi connectivity index (χ2v) is 5.25. The minimum atomic E-state index is -0.238. The van der Waals surface area contributed by atoms with Crippen LogP contribution in [-0.4, -0.2) is 29.7 Å². The molecule has 1 saturated heterocycles. The number of hydrogen-bond acceptors (Lipinski definition) is 2. The maximum Gasteiger partial charge on any atom is 0.124 e. The second-order valence-electron chi connectivity index (χ2n) is 5.25. The Hall–Kier alpha value is -1.37. The number of hydrogen-bond donors (Lipinski definition) is 1. The molecule has 2 nitrogen and oxygen atoms in total. The first kappa shape index (κ1) is 14.0. The molecule has 102 valence electrons. The average molecular weight is 261 g/mol. The molecule has 1 atom stereocenters. The molecule has 2 rings (SSSR count). The highest BCUT2D eigenvalue weighted by atomic mass is 19.1. The summed E-state index contributed by atoms with van der Waals surface area (Å²) in [5.74, 6) is 6.21. The molecule has 0 bridgehead atoms. The molecule has 0 spiro atoms. The molecular weight excluding hydrogens is 241 g/mol. The molecule has 0 radical (unpaired) electrons. The van der Waals surface area contributed by atoms with Gasteiger partial charge < -0.3 is 5.11 Å². The van der Waals surface area contributed by atoms with E-state index in [1.165, 1.54) is 12.5 Å². The quantitative estimate of drug-likeness (QED) is 0.845. The van der Waals surface area contributed by atoms with Crippen molar-refractivity contribution in [2.45, 2.75) is 26.3 Å². The van der Waals surface area contributed by atoms with Gasteiger partial charge in [-0.1, -0.05) is 18.8 Å². The fraction of sp³-hybridized carbons (Fsp3) is 0.500. The third-order valence-corrected chi connectivity index (χ3v) is 3.34. The van der Waals surface area contributed by atoms with Gasteiger partial charge >= 0.3 is 0 Å². The van der Waals surface area contributed by atoms with E-state index in [1.807, 2.05) is 6.07 Å². The van der Waals surface area contributed by atoms with E-state index in [-0.39, 0.29) is 12.4 Å². The molecule has 0 saturated carbocycles. The van der Waals surface area contributed by atoms with Crippen molar-refractivity contribution in [3.8, 4) is 11.8 Å². The number of benzene rings is 1. The number of likely N-dealkylation sites (tertiary alicyclic amines) is 1. The Bertz CT molecular complexity index is 489. The van der Waals surface area contributed by atoms with Crippen LogP contribution < -0.4 is 0 Å². The van der Waals surface area contributed by atoms with Crippen molar-refractivity contribution in [1.29, 1.82) is 0 Å². The van der Waals surface area contributed by atoms with Gasteiger partial charge in [-0.05, 0) is 42.6 Å². The summed E-state index contributed by atoms with van der Waals surface area (Å²) in [5.41, 5.74) is 1.66. The Labute approximate surface area is 114 Å². The maximum atomic E-state index is 13.6. The smallest absolute Gasteiger partial charge is 0.124 e. The van der Waals surface area contributed by atoms with Gasteiger partial charge in [-0.2, -0.15) is 0 Å². The third kappa shape index (κ3) is 4.34. The summed E-state index contributed by atoms with van der Waals surface area (Å²) in [7, 11) is 0. The monoisotopic (exact) mass is 261 g/mol. The van der Waals surface area contributed by atoms with Crippen LogP contribution in [0.15, 0.2) is 18.2 Å². The summed E-state index contributed by atoms with van der Waals surface area (Å²) >= 11 is 0. The number of aliphatic hydroxyl groups excluding tert-OH is 1. The fourth-order valence-corrected chi connectivity index (χ4v) is 2.46. The molecule has 1 fully saturated rings. The first-order valence-electron chi connectivity index (χ1n) is 6.79. The normalized spacial score (nSPS) is 19.2. The summed E-state index contributed by atoms with van der Waals surface area (Å²) in [6.45, 7) is 5.25. The first-order valence-corrected chi connectivity index (χ1v) is 6.79. The molecule has 0 amide bonds. The van der Waals surface area contributed by atoms with E-state index in [2.05, 4.69) is 23.7 Å². The van der Waals surface area contributed by atoms with Crippen LogP contribution in [0.25, 0.3) is 0 Å². The highest BCUT2D eigenvalue weighted by molar-refractivity contribution is 5.37. The van der Waals surface area contributed by atoms with Crippen LogP contribution in [0.1, 0.15) is 30.9 Å². The SMILES string of the molecule is CC1CCN(Cc2cc(F)cc(C#CCCO)c2)C1. The molecule has 1 aromatic rings. The number of nitrogens with zero attached hydrogens (tertiary/aromatic N) is 1. The Morgan fingerprint density at radius 3 is 2.95 bits per heavy atom. The minimum Gasteiger partial charge on any atom is -0.395 e. The number of halogens is 1. The molecular formula is C16H20FNO. The molecule has 1 heterocycles. The van der Waals surface area contributed by atoms with Gasteiger partial charge in [0.25, 0.3) is 0 Å². The lowest BCUT2D eigenvalue weighted by Gasteiger charge is -2.15. The van der Waals surface area contributed by atoms with Crippen LogP contribution in [0.3, 0.4) is 0 Å². The first-order chi connectivity index (χ1) is 9.17. The van der Waals surface area contributed by atoms with E-state index in [9.17, 15) is 4.39 Å². The molecule has 19 heavy (non-hydrogen) atoms. The molecule has 1 aliphatic rings. The third-order valence-electron chi connectivity index (χ3n) is 3.34. The van der Waals surface area contributed by atoms with E-state index in [1.54, 1.807) is 6.07 Å². The molecule has 1 aliphatic heterocycles. The van der Waals surface area contributed by atoms with Gasteiger partial charge in [0, 0.05) is 25.1 Å². The van der Waals surface area contributed by atoms with Crippen molar-refractivity contribution in [2.75, 3.05) is 19.7 Å². The zero-order valence-corrected chi connectivity index (χ0v) is 11.3. The van der Waals surface area contributed by atoms with Gasteiger partial charge in [0.15, 0.2) is 0 Å². The highest BCUT2D eigenvalue weighted by Crippen LogP contribution is 2.19. The van der Waals surface area contributed by atoms with Crippen LogP contribution in [0.5, 0.6) is 0 Å². The van der Waals surface area contributed by atoms with E-state index in [0.717, 1.165) is 31.1 Å². The minimum absolute atomic E-state index is 0.0425. The lowest BCUT2D eigenvalue weighted by molar-refractivity contribution is 0.305. The predicted octanol–water partition coefficient (Wildman–Crippen LogP) is 2.40. The zero-order chi connectivity index (χ0) is 13.7. The maximum absolute atomic E-state index is 13.6. The Balaban J connectivity index is 2.06. The topological polar surface area (TPSA) is 23.5 Å². The summed E-state index contributed by atoms with van der Waals surface area (Å²) in [6, 6.07) is 4.97. The summed E-state index contributed by atoms with van der Waals surface area (Å²) in [5, 5.41) is 8.68. The van der Waals surface area contributed by atoms with Gasteiger partial charge in [0.1, 0.15) is 5.82 Å². The average Bonchev–Trinajstić information content (AvgIpc) is 2.74. The van der Waals surface area contributed by atoms with Gasteiger partial charge in [0.05, 0.1) is 6.61 Å². The van der Waals surface area contributed by atoms with Crippen molar-refractivity contribution in [3.05, 3.63) is 35.1 Å². The Kier molecular flexibility index (Phi) is 4.95. The molecule has 1 aromatic carbocycles. The van der Waals surface area contributed by atoms with Crippen LogP contribution in [0.4, 0.5) is 4.39 Å². The van der Waals surface area contributed by atoms with Crippen molar-refractivity contribution >= 4 is 0 Å².